The summed E-state index contributed by atoms with van der Waals surface area (Å²) in [6.07, 6.45) is 2.20. The lowest BCUT2D eigenvalue weighted by Gasteiger charge is -2.14. The molecule has 52 heavy (non-hydrogen) atoms. The molecule has 0 unspecified atom stereocenters. The largest absolute Gasteiger partial charge is 0.316 e. The summed E-state index contributed by atoms with van der Waals surface area (Å²) in [6.45, 7) is 0. The average molecular weight is 663 g/mol. The van der Waals surface area contributed by atoms with Crippen molar-refractivity contribution in [2.45, 2.75) is 0 Å². The number of benzene rings is 8. The molecule has 2 aromatic heterocycles. The molecule has 0 aliphatic rings. The maximum atomic E-state index is 2.46. The summed E-state index contributed by atoms with van der Waals surface area (Å²) in [5, 5.41) is 3.70. The first kappa shape index (κ1) is 30.0. The summed E-state index contributed by atoms with van der Waals surface area (Å²) in [5.41, 5.74) is 15.6. The Hall–Kier alpha value is -6.90. The molecule has 2 nitrogen and oxygen atoms in total. The van der Waals surface area contributed by atoms with Crippen LogP contribution in [0.5, 0.6) is 0 Å². The van der Waals surface area contributed by atoms with Gasteiger partial charge in [-0.25, -0.2) is 0 Å². The maximum Gasteiger partial charge on any atom is 0.0635 e. The molecular formula is C50H34N2. The van der Waals surface area contributed by atoms with Crippen LogP contribution in [0.15, 0.2) is 206 Å². The van der Waals surface area contributed by atoms with Crippen molar-refractivity contribution in [1.29, 1.82) is 0 Å². The number of nitrogens with zero attached hydrogens (tertiary/aromatic N) is 2. The molecule has 0 aliphatic carbocycles. The molecule has 0 bridgehead atoms. The van der Waals surface area contributed by atoms with E-state index >= 15 is 0 Å². The minimum Gasteiger partial charge on any atom is -0.316 e. The van der Waals surface area contributed by atoms with Crippen molar-refractivity contribution in [2.75, 3.05) is 0 Å². The SMILES string of the molecule is c1ccc(-c2ccc(-n3c4ccc(-c5cc(-c6ccccc6)ccc5-c5ccccc5)cc4c4ccc5c(ccn5-c5ccccc5)c43)cc2)cc1. The van der Waals surface area contributed by atoms with Crippen molar-refractivity contribution in [3.05, 3.63) is 206 Å². The molecular weight excluding hydrogens is 629 g/mol. The summed E-state index contributed by atoms with van der Waals surface area (Å²) >= 11 is 0. The van der Waals surface area contributed by atoms with E-state index in [-0.39, 0.29) is 0 Å². The first-order valence-electron chi connectivity index (χ1n) is 17.8. The standard InChI is InChI=1S/C50H34N2/c1-5-13-35(14-6-1)37-21-25-42(26-22-37)52-49-29-24-40(46-33-39(36-15-7-2-8-16-36)23-27-43(46)38-17-9-3-10-18-38)34-47(49)44-28-30-48-45(50(44)52)31-32-51(48)41-19-11-4-12-20-41/h1-34H. The highest BCUT2D eigenvalue weighted by Gasteiger charge is 2.19. The molecule has 0 saturated heterocycles. The molecule has 2 heterocycles. The second-order valence-corrected chi connectivity index (χ2v) is 13.4. The van der Waals surface area contributed by atoms with Gasteiger partial charge in [0, 0.05) is 33.7 Å². The van der Waals surface area contributed by atoms with Crippen LogP contribution in [0.2, 0.25) is 0 Å². The topological polar surface area (TPSA) is 9.86 Å². The van der Waals surface area contributed by atoms with Gasteiger partial charge < -0.3 is 9.13 Å². The third-order valence-corrected chi connectivity index (χ3v) is 10.4. The molecule has 0 amide bonds. The summed E-state index contributed by atoms with van der Waals surface area (Å²) in [7, 11) is 0. The molecule has 0 radical (unpaired) electrons. The highest BCUT2D eigenvalue weighted by Crippen LogP contribution is 2.42. The Morgan fingerprint density at radius 1 is 0.288 bits per heavy atom. The van der Waals surface area contributed by atoms with E-state index < -0.39 is 0 Å². The summed E-state index contributed by atoms with van der Waals surface area (Å²) in [5.74, 6) is 0. The fraction of sp³-hybridized carbons (Fsp3) is 0. The first-order chi connectivity index (χ1) is 25.8. The van der Waals surface area contributed by atoms with Crippen LogP contribution in [0.4, 0.5) is 0 Å². The number of hydrogen-bond acceptors (Lipinski definition) is 0. The van der Waals surface area contributed by atoms with Gasteiger partial charge in [-0.05, 0) is 99.1 Å². The molecule has 0 aliphatic heterocycles. The van der Waals surface area contributed by atoms with Gasteiger partial charge in [0.05, 0.1) is 16.6 Å². The summed E-state index contributed by atoms with van der Waals surface area (Å²) in [6, 6.07) is 72.4. The van der Waals surface area contributed by atoms with E-state index in [0.29, 0.717) is 0 Å². The Kier molecular flexibility index (Phi) is 7.18. The van der Waals surface area contributed by atoms with Crippen molar-refractivity contribution in [3.8, 4) is 55.9 Å². The number of fused-ring (bicyclic) bond motifs is 5. The Bertz CT molecular complexity index is 2850. The van der Waals surface area contributed by atoms with Gasteiger partial charge in [-0.2, -0.15) is 0 Å². The second kappa shape index (κ2) is 12.5. The van der Waals surface area contributed by atoms with Gasteiger partial charge in [0.15, 0.2) is 0 Å². The molecule has 8 aromatic carbocycles. The van der Waals surface area contributed by atoms with Gasteiger partial charge in [-0.15, -0.1) is 0 Å². The van der Waals surface area contributed by atoms with Crippen LogP contribution < -0.4 is 0 Å². The highest BCUT2D eigenvalue weighted by atomic mass is 15.0. The second-order valence-electron chi connectivity index (χ2n) is 13.4. The van der Waals surface area contributed by atoms with Gasteiger partial charge in [-0.3, -0.25) is 0 Å². The molecule has 10 rings (SSSR count). The van der Waals surface area contributed by atoms with E-state index in [1.54, 1.807) is 0 Å². The van der Waals surface area contributed by atoms with Crippen molar-refractivity contribution < 1.29 is 0 Å². The van der Waals surface area contributed by atoms with E-state index in [2.05, 4.69) is 216 Å². The Labute approximate surface area is 303 Å². The monoisotopic (exact) mass is 662 g/mol. The van der Waals surface area contributed by atoms with Gasteiger partial charge in [0.2, 0.25) is 0 Å². The van der Waals surface area contributed by atoms with Gasteiger partial charge >= 0.3 is 0 Å². The smallest absolute Gasteiger partial charge is 0.0635 e. The van der Waals surface area contributed by atoms with Crippen LogP contribution in [0.1, 0.15) is 0 Å². The lowest BCUT2D eigenvalue weighted by molar-refractivity contribution is 1.13. The van der Waals surface area contributed by atoms with Crippen molar-refractivity contribution >= 4 is 32.7 Å². The Morgan fingerprint density at radius 3 is 1.54 bits per heavy atom. The fourth-order valence-electron chi connectivity index (χ4n) is 7.87. The molecule has 10 aromatic rings. The molecule has 0 N–H and O–H groups in total. The minimum absolute atomic E-state index is 1.14. The third-order valence-electron chi connectivity index (χ3n) is 10.4. The zero-order valence-electron chi connectivity index (χ0n) is 28.5. The van der Waals surface area contributed by atoms with Crippen molar-refractivity contribution in [3.63, 3.8) is 0 Å². The zero-order chi connectivity index (χ0) is 34.4. The van der Waals surface area contributed by atoms with Crippen LogP contribution in [0.25, 0.3) is 88.6 Å². The average Bonchev–Trinajstić information content (AvgIpc) is 3.81. The van der Waals surface area contributed by atoms with Crippen LogP contribution >= 0.6 is 0 Å². The lowest BCUT2D eigenvalue weighted by atomic mass is 9.90. The van der Waals surface area contributed by atoms with Crippen molar-refractivity contribution in [2.24, 2.45) is 0 Å². The maximum absolute atomic E-state index is 2.46. The summed E-state index contributed by atoms with van der Waals surface area (Å²) < 4.78 is 4.75. The van der Waals surface area contributed by atoms with E-state index in [4.69, 9.17) is 0 Å². The van der Waals surface area contributed by atoms with Crippen LogP contribution in [-0.4, -0.2) is 9.13 Å². The van der Waals surface area contributed by atoms with Gasteiger partial charge in [0.25, 0.3) is 0 Å². The number of hydrogen-bond donors (Lipinski definition) is 0. The fourth-order valence-corrected chi connectivity index (χ4v) is 7.87. The van der Waals surface area contributed by atoms with E-state index in [9.17, 15) is 0 Å². The Morgan fingerprint density at radius 2 is 0.846 bits per heavy atom. The van der Waals surface area contributed by atoms with Crippen molar-refractivity contribution in [1.82, 2.24) is 9.13 Å². The normalized spacial score (nSPS) is 11.5. The van der Waals surface area contributed by atoms with Crippen LogP contribution in [0, 0.1) is 0 Å². The molecule has 244 valence electrons. The zero-order valence-corrected chi connectivity index (χ0v) is 28.5. The quantitative estimate of drug-likeness (QED) is 0.168. The number of para-hydroxylation sites is 1. The lowest BCUT2D eigenvalue weighted by Crippen LogP contribution is -1.95. The van der Waals surface area contributed by atoms with Gasteiger partial charge in [-0.1, -0.05) is 146 Å². The minimum atomic E-state index is 1.14. The first-order valence-corrected chi connectivity index (χ1v) is 17.8. The molecule has 2 heteroatoms. The molecule has 0 saturated carbocycles. The Balaban J connectivity index is 1.22. The van der Waals surface area contributed by atoms with Gasteiger partial charge in [0.1, 0.15) is 0 Å². The molecule has 0 spiro atoms. The predicted molar refractivity (Wildman–Crippen MR) is 219 cm³/mol. The van der Waals surface area contributed by atoms with Crippen LogP contribution in [0.3, 0.4) is 0 Å². The molecule has 0 atom stereocenters. The third kappa shape index (κ3) is 5.04. The number of rotatable bonds is 6. The van der Waals surface area contributed by atoms with Crippen LogP contribution in [-0.2, 0) is 0 Å². The molecule has 0 fully saturated rings. The van der Waals surface area contributed by atoms with E-state index in [0.717, 1.165) is 11.4 Å². The number of aromatic nitrogens is 2. The summed E-state index contributed by atoms with van der Waals surface area (Å²) in [4.78, 5) is 0. The predicted octanol–water partition coefficient (Wildman–Crippen LogP) is 13.4. The van der Waals surface area contributed by atoms with E-state index in [1.807, 2.05) is 0 Å². The highest BCUT2D eigenvalue weighted by molar-refractivity contribution is 6.19. The van der Waals surface area contributed by atoms with E-state index in [1.165, 1.54) is 77.2 Å².